The number of hydrogen-bond donors (Lipinski definition) is 1. The van der Waals surface area contributed by atoms with Gasteiger partial charge in [0, 0.05) is 18.6 Å². The Labute approximate surface area is 95.8 Å². The van der Waals surface area contributed by atoms with Crippen LogP contribution >= 0.6 is 11.6 Å². The SMILES string of the molecule is COc1cccnc1NCC(C)(C)CCl. The third-order valence-corrected chi connectivity index (χ3v) is 2.81. The number of nitrogens with zero attached hydrogens (tertiary/aromatic N) is 1. The second-order valence-corrected chi connectivity index (χ2v) is 4.47. The maximum absolute atomic E-state index is 5.84. The number of halogens is 1. The number of ether oxygens (including phenoxy) is 1. The minimum absolute atomic E-state index is 0.0457. The Balaban J connectivity index is 2.65. The van der Waals surface area contributed by atoms with E-state index in [9.17, 15) is 0 Å². The van der Waals surface area contributed by atoms with Gasteiger partial charge in [0.15, 0.2) is 11.6 Å². The molecule has 0 radical (unpaired) electrons. The third kappa shape index (κ3) is 3.59. The van der Waals surface area contributed by atoms with Gasteiger partial charge in [0.25, 0.3) is 0 Å². The van der Waals surface area contributed by atoms with Crippen LogP contribution in [0.1, 0.15) is 13.8 Å². The molecule has 0 bridgehead atoms. The lowest BCUT2D eigenvalue weighted by Crippen LogP contribution is -2.25. The molecule has 1 heterocycles. The fourth-order valence-electron chi connectivity index (χ4n) is 1.06. The topological polar surface area (TPSA) is 34.1 Å². The molecule has 0 saturated heterocycles. The van der Waals surface area contributed by atoms with Crippen molar-refractivity contribution in [3.63, 3.8) is 0 Å². The third-order valence-electron chi connectivity index (χ3n) is 2.09. The van der Waals surface area contributed by atoms with Crippen molar-refractivity contribution >= 4 is 17.4 Å². The molecule has 15 heavy (non-hydrogen) atoms. The zero-order valence-corrected chi connectivity index (χ0v) is 10.1. The first-order valence-electron chi connectivity index (χ1n) is 4.88. The Hall–Kier alpha value is -0.960. The molecule has 0 aliphatic heterocycles. The molecule has 0 aliphatic carbocycles. The molecule has 1 rings (SSSR count). The number of anilines is 1. The molecule has 84 valence electrons. The van der Waals surface area contributed by atoms with Crippen LogP contribution in [0.25, 0.3) is 0 Å². The highest BCUT2D eigenvalue weighted by molar-refractivity contribution is 6.18. The lowest BCUT2D eigenvalue weighted by Gasteiger charge is -2.22. The summed E-state index contributed by atoms with van der Waals surface area (Å²) in [6, 6.07) is 3.72. The molecule has 0 fully saturated rings. The van der Waals surface area contributed by atoms with E-state index in [0.717, 1.165) is 18.1 Å². The molecule has 1 N–H and O–H groups in total. The number of pyridine rings is 1. The van der Waals surface area contributed by atoms with Crippen LogP contribution in [-0.4, -0.2) is 24.5 Å². The van der Waals surface area contributed by atoms with Crippen molar-refractivity contribution in [2.75, 3.05) is 24.9 Å². The minimum Gasteiger partial charge on any atom is -0.493 e. The van der Waals surface area contributed by atoms with Gasteiger partial charge in [-0.1, -0.05) is 13.8 Å². The van der Waals surface area contributed by atoms with Crippen molar-refractivity contribution in [3.8, 4) is 5.75 Å². The molecular formula is C11H17ClN2O. The highest BCUT2D eigenvalue weighted by Gasteiger charge is 2.16. The van der Waals surface area contributed by atoms with Crippen molar-refractivity contribution in [2.45, 2.75) is 13.8 Å². The number of alkyl halides is 1. The molecule has 0 amide bonds. The van der Waals surface area contributed by atoms with Crippen LogP contribution in [0, 0.1) is 5.41 Å². The maximum atomic E-state index is 5.84. The van der Waals surface area contributed by atoms with Crippen LogP contribution in [-0.2, 0) is 0 Å². The van der Waals surface area contributed by atoms with Gasteiger partial charge in [-0.25, -0.2) is 4.98 Å². The monoisotopic (exact) mass is 228 g/mol. The summed E-state index contributed by atoms with van der Waals surface area (Å²) in [5, 5.41) is 3.23. The lowest BCUT2D eigenvalue weighted by atomic mass is 9.97. The minimum atomic E-state index is 0.0457. The number of hydrogen-bond acceptors (Lipinski definition) is 3. The summed E-state index contributed by atoms with van der Waals surface area (Å²) >= 11 is 5.84. The van der Waals surface area contributed by atoms with E-state index in [2.05, 4.69) is 24.1 Å². The van der Waals surface area contributed by atoms with Gasteiger partial charge in [-0.3, -0.25) is 0 Å². The molecule has 1 aromatic rings. The Morgan fingerprint density at radius 3 is 2.87 bits per heavy atom. The maximum Gasteiger partial charge on any atom is 0.168 e. The molecule has 0 unspecified atom stereocenters. The average molecular weight is 229 g/mol. The van der Waals surface area contributed by atoms with Crippen molar-refractivity contribution in [2.24, 2.45) is 5.41 Å². The Bertz CT molecular complexity index is 315. The summed E-state index contributed by atoms with van der Waals surface area (Å²) in [4.78, 5) is 4.21. The summed E-state index contributed by atoms with van der Waals surface area (Å²) in [7, 11) is 1.63. The molecule has 1 aromatic heterocycles. The first-order valence-corrected chi connectivity index (χ1v) is 5.41. The number of nitrogens with one attached hydrogen (secondary N) is 1. The van der Waals surface area contributed by atoms with Gasteiger partial charge < -0.3 is 10.1 Å². The molecule has 0 atom stereocenters. The van der Waals surface area contributed by atoms with E-state index in [1.807, 2.05) is 12.1 Å². The standard InChI is InChI=1S/C11H17ClN2O/c1-11(2,7-12)8-14-10-9(15-3)5-4-6-13-10/h4-6H,7-8H2,1-3H3,(H,13,14). The van der Waals surface area contributed by atoms with E-state index < -0.39 is 0 Å². The fraction of sp³-hybridized carbons (Fsp3) is 0.545. The van der Waals surface area contributed by atoms with Crippen molar-refractivity contribution in [3.05, 3.63) is 18.3 Å². The molecule has 0 aliphatic rings. The Morgan fingerprint density at radius 2 is 2.27 bits per heavy atom. The van der Waals surface area contributed by atoms with Crippen LogP contribution in [0.5, 0.6) is 5.75 Å². The number of rotatable bonds is 5. The first-order chi connectivity index (χ1) is 7.09. The van der Waals surface area contributed by atoms with Crippen LogP contribution in [0.15, 0.2) is 18.3 Å². The van der Waals surface area contributed by atoms with Gasteiger partial charge in [0.05, 0.1) is 7.11 Å². The van der Waals surface area contributed by atoms with Crippen LogP contribution in [0.2, 0.25) is 0 Å². The Morgan fingerprint density at radius 1 is 1.53 bits per heavy atom. The van der Waals surface area contributed by atoms with E-state index in [1.54, 1.807) is 13.3 Å². The quantitative estimate of drug-likeness (QED) is 0.787. The summed E-state index contributed by atoms with van der Waals surface area (Å²) in [6.45, 7) is 4.97. The van der Waals surface area contributed by atoms with Gasteiger partial charge in [0.1, 0.15) is 0 Å². The van der Waals surface area contributed by atoms with Crippen molar-refractivity contribution in [1.82, 2.24) is 4.98 Å². The Kier molecular flexibility index (Phi) is 4.21. The second kappa shape index (κ2) is 5.21. The predicted octanol–water partition coefficient (Wildman–Crippen LogP) is 2.77. The fourth-order valence-corrected chi connectivity index (χ4v) is 1.15. The largest absolute Gasteiger partial charge is 0.493 e. The van der Waals surface area contributed by atoms with Crippen LogP contribution in [0.4, 0.5) is 5.82 Å². The summed E-state index contributed by atoms with van der Waals surface area (Å²) < 4.78 is 5.19. The smallest absolute Gasteiger partial charge is 0.168 e. The van der Waals surface area contributed by atoms with E-state index in [-0.39, 0.29) is 5.41 Å². The van der Waals surface area contributed by atoms with E-state index in [0.29, 0.717) is 5.88 Å². The van der Waals surface area contributed by atoms with E-state index in [4.69, 9.17) is 16.3 Å². The molecule has 0 aromatic carbocycles. The van der Waals surface area contributed by atoms with E-state index in [1.165, 1.54) is 0 Å². The molecule has 4 heteroatoms. The summed E-state index contributed by atoms with van der Waals surface area (Å²) in [5.74, 6) is 2.12. The van der Waals surface area contributed by atoms with Gasteiger partial charge in [-0.05, 0) is 17.5 Å². The zero-order valence-electron chi connectivity index (χ0n) is 9.38. The van der Waals surface area contributed by atoms with E-state index >= 15 is 0 Å². The molecule has 3 nitrogen and oxygen atoms in total. The highest BCUT2D eigenvalue weighted by Crippen LogP contribution is 2.23. The molecule has 0 spiro atoms. The molecular weight excluding hydrogens is 212 g/mol. The molecule has 0 saturated carbocycles. The van der Waals surface area contributed by atoms with Crippen LogP contribution < -0.4 is 10.1 Å². The van der Waals surface area contributed by atoms with Crippen molar-refractivity contribution < 1.29 is 4.74 Å². The van der Waals surface area contributed by atoms with Gasteiger partial charge in [-0.2, -0.15) is 0 Å². The normalized spacial score (nSPS) is 11.2. The van der Waals surface area contributed by atoms with Gasteiger partial charge >= 0.3 is 0 Å². The summed E-state index contributed by atoms with van der Waals surface area (Å²) in [5.41, 5.74) is 0.0457. The number of aromatic nitrogens is 1. The van der Waals surface area contributed by atoms with Crippen molar-refractivity contribution in [1.29, 1.82) is 0 Å². The highest BCUT2D eigenvalue weighted by atomic mass is 35.5. The first kappa shape index (κ1) is 12.1. The lowest BCUT2D eigenvalue weighted by molar-refractivity contribution is 0.411. The van der Waals surface area contributed by atoms with Gasteiger partial charge in [0.2, 0.25) is 0 Å². The predicted molar refractivity (Wildman–Crippen MR) is 63.8 cm³/mol. The average Bonchev–Trinajstić information content (AvgIpc) is 2.27. The zero-order chi connectivity index (χ0) is 11.3. The number of methoxy groups -OCH3 is 1. The van der Waals surface area contributed by atoms with Gasteiger partial charge in [-0.15, -0.1) is 11.6 Å². The summed E-state index contributed by atoms with van der Waals surface area (Å²) in [6.07, 6.45) is 1.73. The second-order valence-electron chi connectivity index (χ2n) is 4.21. The van der Waals surface area contributed by atoms with Crippen LogP contribution in [0.3, 0.4) is 0 Å².